The molecule has 0 aromatic heterocycles. The number of rotatable bonds is 5. The highest BCUT2D eigenvalue weighted by Gasteiger charge is 2.28. The third-order valence-corrected chi connectivity index (χ3v) is 3.51. The highest BCUT2D eigenvalue weighted by Crippen LogP contribution is 2.23. The van der Waals surface area contributed by atoms with E-state index in [-0.39, 0.29) is 17.5 Å². The van der Waals surface area contributed by atoms with Gasteiger partial charge in [-0.15, -0.1) is 0 Å². The number of likely N-dealkylation sites (N-methyl/N-ethyl adjacent to an activating group) is 1. The minimum atomic E-state index is -0.343. The maximum Gasteiger partial charge on any atom is 0.123 e. The molecule has 0 heterocycles. The number of methoxy groups -OCH3 is 1. The van der Waals surface area contributed by atoms with Crippen LogP contribution in [0.5, 0.6) is 0 Å². The Labute approximate surface area is 107 Å². The molecule has 1 unspecified atom stereocenters. The predicted octanol–water partition coefficient (Wildman–Crippen LogP) is 3.03. The van der Waals surface area contributed by atoms with Gasteiger partial charge in [0.25, 0.3) is 0 Å². The van der Waals surface area contributed by atoms with Crippen LogP contribution in [-0.2, 0) is 11.2 Å². The van der Waals surface area contributed by atoms with Crippen LogP contribution in [0.15, 0.2) is 18.2 Å². The molecule has 0 amide bonds. The summed E-state index contributed by atoms with van der Waals surface area (Å²) in [7, 11) is 3.52. The number of ether oxygens (including phenoxy) is 1. The topological polar surface area (TPSA) is 21.3 Å². The van der Waals surface area contributed by atoms with Gasteiger partial charge < -0.3 is 10.1 Å². The van der Waals surface area contributed by atoms with Crippen molar-refractivity contribution >= 4 is 11.6 Å². The van der Waals surface area contributed by atoms with E-state index in [2.05, 4.69) is 5.32 Å². The molecule has 0 bridgehead atoms. The number of nitrogens with one attached hydrogen (secondary N) is 1. The molecule has 1 rings (SSSR count). The van der Waals surface area contributed by atoms with Gasteiger partial charge in [0.2, 0.25) is 0 Å². The van der Waals surface area contributed by atoms with Crippen molar-refractivity contribution in [1.29, 1.82) is 0 Å². The lowest BCUT2D eigenvalue weighted by atomic mass is 9.92. The Morgan fingerprint density at radius 2 is 2.12 bits per heavy atom. The number of benzene rings is 1. The lowest BCUT2D eigenvalue weighted by molar-refractivity contribution is -0.00798. The Morgan fingerprint density at radius 1 is 1.47 bits per heavy atom. The largest absolute Gasteiger partial charge is 0.377 e. The fraction of sp³-hybridized carbons (Fsp3) is 0.538. The van der Waals surface area contributed by atoms with Crippen LogP contribution in [0.4, 0.5) is 4.39 Å². The molecule has 4 heteroatoms. The Bertz CT molecular complexity index is 382. The molecule has 17 heavy (non-hydrogen) atoms. The van der Waals surface area contributed by atoms with Gasteiger partial charge >= 0.3 is 0 Å². The van der Waals surface area contributed by atoms with Gasteiger partial charge in [-0.25, -0.2) is 4.39 Å². The third-order valence-electron chi connectivity index (χ3n) is 3.15. The molecular weight excluding hydrogens is 241 g/mol. The molecule has 1 atom stereocenters. The van der Waals surface area contributed by atoms with E-state index < -0.39 is 0 Å². The summed E-state index contributed by atoms with van der Waals surface area (Å²) in [6.07, 6.45) is 0.619. The molecule has 2 nitrogen and oxygen atoms in total. The van der Waals surface area contributed by atoms with Gasteiger partial charge in [0.05, 0.1) is 5.60 Å². The zero-order valence-corrected chi connectivity index (χ0v) is 11.4. The molecule has 0 spiro atoms. The Morgan fingerprint density at radius 3 is 2.65 bits per heavy atom. The van der Waals surface area contributed by atoms with E-state index in [4.69, 9.17) is 16.3 Å². The van der Waals surface area contributed by atoms with Crippen LogP contribution in [0.3, 0.4) is 0 Å². The van der Waals surface area contributed by atoms with Crippen LogP contribution < -0.4 is 5.32 Å². The van der Waals surface area contributed by atoms with Crippen LogP contribution >= 0.6 is 11.6 Å². The van der Waals surface area contributed by atoms with Crippen LogP contribution in [0.2, 0.25) is 5.02 Å². The maximum absolute atomic E-state index is 13.2. The van der Waals surface area contributed by atoms with Crippen LogP contribution in [0, 0.1) is 5.82 Å². The molecule has 1 aromatic rings. The summed E-state index contributed by atoms with van der Waals surface area (Å²) < 4.78 is 18.6. The van der Waals surface area contributed by atoms with Gasteiger partial charge in [-0.1, -0.05) is 11.6 Å². The highest BCUT2D eigenvalue weighted by molar-refractivity contribution is 6.31. The van der Waals surface area contributed by atoms with E-state index in [0.717, 1.165) is 5.56 Å². The van der Waals surface area contributed by atoms with Crippen molar-refractivity contribution < 1.29 is 9.13 Å². The van der Waals surface area contributed by atoms with E-state index in [1.807, 2.05) is 20.9 Å². The minimum absolute atomic E-state index is 0.0619. The van der Waals surface area contributed by atoms with Crippen molar-refractivity contribution in [2.24, 2.45) is 0 Å². The summed E-state index contributed by atoms with van der Waals surface area (Å²) in [5, 5.41) is 3.76. The van der Waals surface area contributed by atoms with Crippen LogP contribution in [0.25, 0.3) is 0 Å². The molecule has 1 aromatic carbocycles. The van der Waals surface area contributed by atoms with Gasteiger partial charge in [0.15, 0.2) is 0 Å². The summed E-state index contributed by atoms with van der Waals surface area (Å²) in [5.41, 5.74) is 0.445. The van der Waals surface area contributed by atoms with Crippen molar-refractivity contribution in [3.8, 4) is 0 Å². The minimum Gasteiger partial charge on any atom is -0.377 e. The first kappa shape index (κ1) is 14.4. The summed E-state index contributed by atoms with van der Waals surface area (Å²) in [4.78, 5) is 0. The van der Waals surface area contributed by atoms with E-state index in [1.165, 1.54) is 12.1 Å². The fourth-order valence-corrected chi connectivity index (χ4v) is 1.95. The second-order valence-electron chi connectivity index (χ2n) is 4.59. The van der Waals surface area contributed by atoms with E-state index >= 15 is 0 Å². The van der Waals surface area contributed by atoms with Crippen LogP contribution in [-0.4, -0.2) is 25.8 Å². The highest BCUT2D eigenvalue weighted by atomic mass is 35.5. The average Bonchev–Trinajstić information content (AvgIpc) is 2.30. The number of halogens is 2. The molecule has 0 saturated carbocycles. The fourth-order valence-electron chi connectivity index (χ4n) is 1.76. The number of hydrogen-bond acceptors (Lipinski definition) is 2. The van der Waals surface area contributed by atoms with E-state index in [1.54, 1.807) is 13.2 Å². The first-order valence-corrected chi connectivity index (χ1v) is 5.95. The summed E-state index contributed by atoms with van der Waals surface area (Å²) >= 11 is 6.06. The van der Waals surface area contributed by atoms with Crippen molar-refractivity contribution in [1.82, 2.24) is 5.32 Å². The van der Waals surface area contributed by atoms with Crippen molar-refractivity contribution in [3.63, 3.8) is 0 Å². The van der Waals surface area contributed by atoms with Gasteiger partial charge in [-0.2, -0.15) is 0 Å². The molecule has 1 N–H and O–H groups in total. The van der Waals surface area contributed by atoms with E-state index in [9.17, 15) is 4.39 Å². The Hall–Kier alpha value is -0.640. The van der Waals surface area contributed by atoms with Crippen molar-refractivity contribution in [3.05, 3.63) is 34.6 Å². The molecular formula is C13H19ClFNO. The third kappa shape index (κ3) is 3.66. The van der Waals surface area contributed by atoms with E-state index in [0.29, 0.717) is 11.4 Å². The SMILES string of the molecule is CNC(Cc1cc(F)ccc1Cl)C(C)(C)OC. The molecule has 0 aliphatic heterocycles. The molecule has 0 saturated heterocycles. The maximum atomic E-state index is 13.2. The van der Waals surface area contributed by atoms with Gasteiger partial charge in [-0.3, -0.25) is 0 Å². The lowest BCUT2D eigenvalue weighted by Crippen LogP contribution is -2.48. The van der Waals surface area contributed by atoms with Crippen LogP contribution in [0.1, 0.15) is 19.4 Å². The molecule has 0 aliphatic rings. The zero-order valence-electron chi connectivity index (χ0n) is 10.7. The van der Waals surface area contributed by atoms with Crippen molar-refractivity contribution in [2.75, 3.05) is 14.2 Å². The number of hydrogen-bond donors (Lipinski definition) is 1. The second kappa shape index (κ2) is 5.80. The molecule has 0 fully saturated rings. The standard InChI is InChI=1S/C13H19ClFNO/c1-13(2,17-4)12(16-3)8-9-7-10(15)5-6-11(9)14/h5-7,12,16H,8H2,1-4H3. The molecule has 96 valence electrons. The Kier molecular flexibility index (Phi) is 4.92. The first-order chi connectivity index (χ1) is 7.90. The average molecular weight is 260 g/mol. The lowest BCUT2D eigenvalue weighted by Gasteiger charge is -2.33. The predicted molar refractivity (Wildman–Crippen MR) is 69.0 cm³/mol. The summed E-state index contributed by atoms with van der Waals surface area (Å²) in [6.45, 7) is 3.97. The quantitative estimate of drug-likeness (QED) is 0.878. The van der Waals surface area contributed by atoms with Gasteiger partial charge in [-0.05, 0) is 51.1 Å². The summed E-state index contributed by atoms with van der Waals surface area (Å²) in [5.74, 6) is -0.269. The first-order valence-electron chi connectivity index (χ1n) is 5.57. The molecule has 0 radical (unpaired) electrons. The molecule has 0 aliphatic carbocycles. The Balaban J connectivity index is 2.91. The second-order valence-corrected chi connectivity index (χ2v) is 5.00. The zero-order chi connectivity index (χ0) is 13.1. The van der Waals surface area contributed by atoms with Gasteiger partial charge in [0.1, 0.15) is 5.82 Å². The smallest absolute Gasteiger partial charge is 0.123 e. The normalized spacial score (nSPS) is 13.8. The van der Waals surface area contributed by atoms with Gasteiger partial charge in [0, 0.05) is 18.2 Å². The summed E-state index contributed by atoms with van der Waals surface area (Å²) in [6, 6.07) is 4.48. The van der Waals surface area contributed by atoms with Crippen molar-refractivity contribution in [2.45, 2.75) is 31.9 Å². The monoisotopic (exact) mass is 259 g/mol.